The summed E-state index contributed by atoms with van der Waals surface area (Å²) in [5.74, 6) is -0.287. The summed E-state index contributed by atoms with van der Waals surface area (Å²) in [6.45, 7) is 3.95. The molecule has 0 aliphatic heterocycles. The van der Waals surface area contributed by atoms with Crippen molar-refractivity contribution in [3.8, 4) is 11.3 Å². The lowest BCUT2D eigenvalue weighted by Gasteiger charge is -2.19. The third-order valence-electron chi connectivity index (χ3n) is 5.35. The summed E-state index contributed by atoms with van der Waals surface area (Å²) in [6, 6.07) is 14.5. The number of aromatic amines is 1. The van der Waals surface area contributed by atoms with E-state index in [1.54, 1.807) is 6.20 Å². The number of ether oxygens (including phenoxy) is 2. The first kappa shape index (κ1) is 23.6. The molecule has 0 aliphatic carbocycles. The van der Waals surface area contributed by atoms with E-state index in [-0.39, 0.29) is 29.9 Å². The van der Waals surface area contributed by atoms with Crippen molar-refractivity contribution in [1.82, 2.24) is 15.3 Å². The summed E-state index contributed by atoms with van der Waals surface area (Å²) in [7, 11) is 1.28. The van der Waals surface area contributed by atoms with Crippen LogP contribution in [0.25, 0.3) is 22.2 Å². The van der Waals surface area contributed by atoms with Gasteiger partial charge in [-0.25, -0.2) is 14.6 Å². The predicted molar refractivity (Wildman–Crippen MR) is 130 cm³/mol. The molecule has 4 aromatic rings. The second-order valence-electron chi connectivity index (χ2n) is 8.01. The number of nitrogens with zero attached hydrogens (tertiary/aromatic N) is 1. The number of nitrogens with one attached hydrogen (secondary N) is 2. The minimum Gasteiger partial charge on any atom is -0.464 e. The zero-order valence-corrected chi connectivity index (χ0v) is 20.5. The minimum atomic E-state index is -0.636. The van der Waals surface area contributed by atoms with Crippen LogP contribution in [0.4, 0.5) is 4.79 Å². The van der Waals surface area contributed by atoms with Gasteiger partial charge in [0.15, 0.2) is 11.5 Å². The van der Waals surface area contributed by atoms with Crippen LogP contribution < -0.4 is 5.32 Å². The maximum absolute atomic E-state index is 12.5. The van der Waals surface area contributed by atoms with Crippen molar-refractivity contribution in [2.24, 2.45) is 5.92 Å². The van der Waals surface area contributed by atoms with Crippen LogP contribution in [0.2, 0.25) is 0 Å². The SMILES string of the molecule is COC(=O)c1nc(C(NC(=O)OCc2ccccc2)C(C)C)oc1-c1c[nH]c2c(Br)cccc12. The van der Waals surface area contributed by atoms with Gasteiger partial charge in [-0.1, -0.05) is 56.3 Å². The van der Waals surface area contributed by atoms with Gasteiger partial charge in [-0.3, -0.25) is 0 Å². The van der Waals surface area contributed by atoms with E-state index in [0.717, 1.165) is 20.9 Å². The lowest BCUT2D eigenvalue weighted by atomic mass is 10.1. The lowest BCUT2D eigenvalue weighted by molar-refractivity contribution is 0.0595. The van der Waals surface area contributed by atoms with Gasteiger partial charge in [0.2, 0.25) is 5.89 Å². The molecule has 1 amide bonds. The van der Waals surface area contributed by atoms with Crippen LogP contribution in [-0.2, 0) is 16.1 Å². The standard InChI is InChI=1S/C25H24BrN3O5/c1-14(2)19(29-25(31)33-13-15-8-5-4-6-9-15)23-28-21(24(30)32-3)22(34-23)17-12-27-20-16(17)10-7-11-18(20)26/h4-12,14,19,27H,13H2,1-3H3,(H,29,31). The van der Waals surface area contributed by atoms with Crippen LogP contribution in [0.1, 0.15) is 41.8 Å². The second-order valence-corrected chi connectivity index (χ2v) is 8.87. The highest BCUT2D eigenvalue weighted by Crippen LogP contribution is 2.36. The first-order chi connectivity index (χ1) is 16.4. The van der Waals surface area contributed by atoms with Crippen LogP contribution in [0.15, 0.2) is 63.6 Å². The molecule has 1 atom stereocenters. The van der Waals surface area contributed by atoms with E-state index in [1.807, 2.05) is 62.4 Å². The summed E-state index contributed by atoms with van der Waals surface area (Å²) < 4.78 is 17.3. The molecule has 0 saturated carbocycles. The topological polar surface area (TPSA) is 106 Å². The maximum Gasteiger partial charge on any atom is 0.408 e. The smallest absolute Gasteiger partial charge is 0.408 e. The highest BCUT2D eigenvalue weighted by atomic mass is 79.9. The Kier molecular flexibility index (Phi) is 7.02. The van der Waals surface area contributed by atoms with Crippen LogP contribution >= 0.6 is 15.9 Å². The molecule has 34 heavy (non-hydrogen) atoms. The molecule has 0 radical (unpaired) electrons. The number of benzene rings is 2. The Balaban J connectivity index is 1.65. The van der Waals surface area contributed by atoms with Gasteiger partial charge < -0.3 is 24.2 Å². The number of hydrogen-bond donors (Lipinski definition) is 2. The molecule has 9 heteroatoms. The molecule has 2 aromatic heterocycles. The number of oxazole rings is 1. The number of para-hydroxylation sites is 1. The number of methoxy groups -OCH3 is 1. The van der Waals surface area contributed by atoms with Crippen molar-refractivity contribution >= 4 is 38.9 Å². The number of hydrogen-bond acceptors (Lipinski definition) is 6. The van der Waals surface area contributed by atoms with E-state index in [4.69, 9.17) is 13.9 Å². The molecule has 0 saturated heterocycles. The fourth-order valence-corrected chi connectivity index (χ4v) is 4.08. The fourth-order valence-electron chi connectivity index (χ4n) is 3.60. The minimum absolute atomic E-state index is 0.0310. The Morgan fingerprint density at radius 2 is 1.91 bits per heavy atom. The normalized spacial score (nSPS) is 12.0. The van der Waals surface area contributed by atoms with Gasteiger partial charge >= 0.3 is 12.1 Å². The van der Waals surface area contributed by atoms with E-state index in [0.29, 0.717) is 5.56 Å². The Hall–Kier alpha value is -3.59. The molecule has 2 N–H and O–H groups in total. The van der Waals surface area contributed by atoms with Crippen LogP contribution in [0.5, 0.6) is 0 Å². The summed E-state index contributed by atoms with van der Waals surface area (Å²) in [4.78, 5) is 32.7. The van der Waals surface area contributed by atoms with E-state index in [9.17, 15) is 9.59 Å². The summed E-state index contributed by atoms with van der Waals surface area (Å²) in [5.41, 5.74) is 2.41. The highest BCUT2D eigenvalue weighted by molar-refractivity contribution is 9.10. The largest absolute Gasteiger partial charge is 0.464 e. The van der Waals surface area contributed by atoms with Crippen molar-refractivity contribution < 1.29 is 23.5 Å². The molecule has 176 valence electrons. The van der Waals surface area contributed by atoms with Crippen molar-refractivity contribution in [2.45, 2.75) is 26.5 Å². The van der Waals surface area contributed by atoms with Crippen molar-refractivity contribution in [3.63, 3.8) is 0 Å². The molecular formula is C25H24BrN3O5. The van der Waals surface area contributed by atoms with E-state index in [2.05, 4.69) is 31.2 Å². The number of carbonyl (C=O) groups excluding carboxylic acids is 2. The van der Waals surface area contributed by atoms with E-state index in [1.165, 1.54) is 7.11 Å². The van der Waals surface area contributed by atoms with Crippen LogP contribution in [0.3, 0.4) is 0 Å². The van der Waals surface area contributed by atoms with Crippen LogP contribution in [0, 0.1) is 5.92 Å². The Labute approximate surface area is 204 Å². The van der Waals surface area contributed by atoms with Crippen molar-refractivity contribution in [3.05, 3.63) is 76.3 Å². The van der Waals surface area contributed by atoms with Gasteiger partial charge in [-0.2, -0.15) is 0 Å². The van der Waals surface area contributed by atoms with Gasteiger partial charge in [0.25, 0.3) is 0 Å². The predicted octanol–water partition coefficient (Wildman–Crippen LogP) is 6.00. The van der Waals surface area contributed by atoms with Crippen molar-refractivity contribution in [2.75, 3.05) is 7.11 Å². The quantitative estimate of drug-likeness (QED) is 0.287. The molecule has 8 nitrogen and oxygen atoms in total. The first-order valence-electron chi connectivity index (χ1n) is 10.7. The number of aromatic nitrogens is 2. The van der Waals surface area contributed by atoms with E-state index < -0.39 is 18.1 Å². The van der Waals surface area contributed by atoms with Gasteiger partial charge in [0, 0.05) is 21.6 Å². The zero-order valence-electron chi connectivity index (χ0n) is 18.9. The summed E-state index contributed by atoms with van der Waals surface area (Å²) in [5, 5.41) is 3.65. The number of fused-ring (bicyclic) bond motifs is 1. The number of esters is 1. The number of carbonyl (C=O) groups is 2. The van der Waals surface area contributed by atoms with Gasteiger partial charge in [-0.05, 0) is 33.5 Å². The average molecular weight is 526 g/mol. The number of amides is 1. The molecule has 4 rings (SSSR count). The van der Waals surface area contributed by atoms with Gasteiger partial charge in [0.1, 0.15) is 12.6 Å². The first-order valence-corrected chi connectivity index (χ1v) is 11.5. The number of halogens is 1. The molecular weight excluding hydrogens is 502 g/mol. The zero-order chi connectivity index (χ0) is 24.2. The Morgan fingerprint density at radius 1 is 1.15 bits per heavy atom. The molecule has 0 spiro atoms. The molecule has 2 aromatic carbocycles. The number of alkyl carbamates (subject to hydrolysis) is 1. The van der Waals surface area contributed by atoms with Gasteiger partial charge in [0.05, 0.1) is 12.6 Å². The number of rotatable bonds is 7. The fraction of sp³-hybridized carbons (Fsp3) is 0.240. The highest BCUT2D eigenvalue weighted by Gasteiger charge is 2.30. The van der Waals surface area contributed by atoms with E-state index >= 15 is 0 Å². The summed E-state index contributed by atoms with van der Waals surface area (Å²) >= 11 is 3.52. The van der Waals surface area contributed by atoms with Crippen LogP contribution in [-0.4, -0.2) is 29.1 Å². The molecule has 1 unspecified atom stereocenters. The molecule has 0 bridgehead atoms. The lowest BCUT2D eigenvalue weighted by Crippen LogP contribution is -2.32. The monoisotopic (exact) mass is 525 g/mol. The van der Waals surface area contributed by atoms with Gasteiger partial charge in [-0.15, -0.1) is 0 Å². The Bertz CT molecular complexity index is 1310. The molecule has 0 aliphatic rings. The average Bonchev–Trinajstić information content (AvgIpc) is 3.46. The van der Waals surface area contributed by atoms with Crippen molar-refractivity contribution in [1.29, 1.82) is 0 Å². The third kappa shape index (κ3) is 4.84. The summed E-state index contributed by atoms with van der Waals surface area (Å²) in [6.07, 6.45) is 1.14. The second kappa shape index (κ2) is 10.1. The molecule has 0 fully saturated rings. The molecule has 2 heterocycles. The Morgan fingerprint density at radius 3 is 2.62 bits per heavy atom. The number of H-pyrrole nitrogens is 1. The third-order valence-corrected chi connectivity index (χ3v) is 6.01. The maximum atomic E-state index is 12.5.